The number of amides is 4. The first-order chi connectivity index (χ1) is 14.0. The number of rotatable bonds is 6. The highest BCUT2D eigenvalue weighted by molar-refractivity contribution is 6.01. The molecule has 0 aromatic rings. The number of hydrogen-bond donors (Lipinski definition) is 2. The molecule has 2 N–H and O–H groups in total. The predicted molar refractivity (Wildman–Crippen MR) is 110 cm³/mol. The Morgan fingerprint density at radius 3 is 2.38 bits per heavy atom. The first kappa shape index (κ1) is 21.4. The van der Waals surface area contributed by atoms with Crippen LogP contribution < -0.4 is 10.6 Å². The van der Waals surface area contributed by atoms with Crippen molar-refractivity contribution in [3.05, 3.63) is 0 Å². The van der Waals surface area contributed by atoms with Crippen molar-refractivity contribution >= 4 is 23.8 Å². The Labute approximate surface area is 172 Å². The molecular weight excluding hydrogens is 374 g/mol. The largest absolute Gasteiger partial charge is 0.357 e. The van der Waals surface area contributed by atoms with Crippen molar-refractivity contribution in [2.75, 3.05) is 65.4 Å². The van der Waals surface area contributed by atoms with E-state index in [4.69, 9.17) is 0 Å². The normalized spacial score (nSPS) is 22.3. The average Bonchev–Trinajstić information content (AvgIpc) is 3.38. The minimum absolute atomic E-state index is 0.0684. The van der Waals surface area contributed by atoms with E-state index in [1.807, 2.05) is 18.7 Å². The van der Waals surface area contributed by atoms with Gasteiger partial charge in [0.2, 0.25) is 11.8 Å². The Kier molecular flexibility index (Phi) is 7.29. The van der Waals surface area contributed by atoms with Crippen LogP contribution in [0.2, 0.25) is 0 Å². The standard InChI is InChI=1S/C19H33N7O3/c1-3-20-18(21-6-9-26-16(27)14-22-19(26)29)25-12-10-23(11-13-25)15(2)17(28)24-7-4-5-8-24/h15H,3-14H2,1-2H3,(H,20,21)(H,22,29). The third-order valence-corrected chi connectivity index (χ3v) is 5.79. The summed E-state index contributed by atoms with van der Waals surface area (Å²) in [6, 6.07) is -0.435. The Hall–Kier alpha value is -2.36. The summed E-state index contributed by atoms with van der Waals surface area (Å²) >= 11 is 0. The number of hydrogen-bond acceptors (Lipinski definition) is 5. The molecule has 29 heavy (non-hydrogen) atoms. The lowest BCUT2D eigenvalue weighted by Gasteiger charge is -2.39. The van der Waals surface area contributed by atoms with Crippen LogP contribution in [0.3, 0.4) is 0 Å². The molecule has 4 amide bonds. The fourth-order valence-electron chi connectivity index (χ4n) is 4.04. The number of piperazine rings is 1. The summed E-state index contributed by atoms with van der Waals surface area (Å²) < 4.78 is 0. The molecule has 0 spiro atoms. The van der Waals surface area contributed by atoms with Crippen molar-refractivity contribution in [3.63, 3.8) is 0 Å². The van der Waals surface area contributed by atoms with Crippen molar-refractivity contribution in [1.29, 1.82) is 0 Å². The Morgan fingerprint density at radius 1 is 1.10 bits per heavy atom. The zero-order valence-electron chi connectivity index (χ0n) is 17.5. The van der Waals surface area contributed by atoms with E-state index in [0.29, 0.717) is 6.54 Å². The smallest absolute Gasteiger partial charge is 0.324 e. The van der Waals surface area contributed by atoms with Crippen LogP contribution >= 0.6 is 0 Å². The van der Waals surface area contributed by atoms with Crippen molar-refractivity contribution < 1.29 is 14.4 Å². The molecule has 0 radical (unpaired) electrons. The number of aliphatic imine (C=N–C) groups is 1. The second kappa shape index (κ2) is 9.91. The monoisotopic (exact) mass is 407 g/mol. The predicted octanol–water partition coefficient (Wildman–Crippen LogP) is -0.868. The second-order valence-electron chi connectivity index (χ2n) is 7.67. The van der Waals surface area contributed by atoms with Crippen LogP contribution in [0.4, 0.5) is 4.79 Å². The summed E-state index contributed by atoms with van der Waals surface area (Å²) in [5.41, 5.74) is 0. The van der Waals surface area contributed by atoms with Gasteiger partial charge in [0, 0.05) is 45.8 Å². The highest BCUT2D eigenvalue weighted by Crippen LogP contribution is 2.14. The van der Waals surface area contributed by atoms with E-state index in [9.17, 15) is 14.4 Å². The van der Waals surface area contributed by atoms with Crippen LogP contribution in [0.1, 0.15) is 26.7 Å². The zero-order valence-corrected chi connectivity index (χ0v) is 17.5. The molecule has 3 saturated heterocycles. The minimum atomic E-state index is -0.347. The van der Waals surface area contributed by atoms with Gasteiger partial charge in [-0.15, -0.1) is 0 Å². The van der Waals surface area contributed by atoms with E-state index >= 15 is 0 Å². The van der Waals surface area contributed by atoms with Gasteiger partial charge in [0.15, 0.2) is 5.96 Å². The van der Waals surface area contributed by atoms with E-state index in [1.54, 1.807) is 0 Å². The molecule has 162 valence electrons. The molecule has 3 aliphatic heterocycles. The summed E-state index contributed by atoms with van der Waals surface area (Å²) in [5.74, 6) is 0.822. The summed E-state index contributed by atoms with van der Waals surface area (Å²) in [5, 5.41) is 5.81. The number of guanidine groups is 1. The quantitative estimate of drug-likeness (QED) is 0.337. The topological polar surface area (TPSA) is 101 Å². The summed E-state index contributed by atoms with van der Waals surface area (Å²) in [7, 11) is 0. The molecule has 0 aliphatic carbocycles. The van der Waals surface area contributed by atoms with Crippen molar-refractivity contribution in [1.82, 2.24) is 30.2 Å². The van der Waals surface area contributed by atoms with E-state index < -0.39 is 0 Å². The molecule has 1 unspecified atom stereocenters. The lowest BCUT2D eigenvalue weighted by atomic mass is 10.2. The van der Waals surface area contributed by atoms with Gasteiger partial charge in [-0.05, 0) is 26.7 Å². The molecule has 1 atom stereocenters. The van der Waals surface area contributed by atoms with E-state index in [1.165, 1.54) is 4.90 Å². The summed E-state index contributed by atoms with van der Waals surface area (Å²) in [4.78, 5) is 48.2. The molecule has 3 aliphatic rings. The number of urea groups is 1. The first-order valence-corrected chi connectivity index (χ1v) is 10.7. The highest BCUT2D eigenvalue weighted by atomic mass is 16.2. The highest BCUT2D eigenvalue weighted by Gasteiger charge is 2.31. The van der Waals surface area contributed by atoms with Crippen LogP contribution in [0.25, 0.3) is 0 Å². The van der Waals surface area contributed by atoms with Crippen LogP contribution in [0.5, 0.6) is 0 Å². The lowest BCUT2D eigenvalue weighted by Crippen LogP contribution is -2.57. The third kappa shape index (κ3) is 5.17. The lowest BCUT2D eigenvalue weighted by molar-refractivity contribution is -0.135. The van der Waals surface area contributed by atoms with Gasteiger partial charge in [-0.25, -0.2) is 4.79 Å². The van der Waals surface area contributed by atoms with E-state index in [2.05, 4.69) is 25.4 Å². The van der Waals surface area contributed by atoms with Crippen LogP contribution in [0.15, 0.2) is 4.99 Å². The molecule has 10 heteroatoms. The minimum Gasteiger partial charge on any atom is -0.357 e. The van der Waals surface area contributed by atoms with Gasteiger partial charge in [-0.1, -0.05) is 0 Å². The number of nitrogens with zero attached hydrogens (tertiary/aromatic N) is 5. The second-order valence-corrected chi connectivity index (χ2v) is 7.67. The molecule has 0 aromatic carbocycles. The van der Waals surface area contributed by atoms with E-state index in [-0.39, 0.29) is 37.0 Å². The Morgan fingerprint density at radius 2 is 1.79 bits per heavy atom. The van der Waals surface area contributed by atoms with Crippen molar-refractivity contribution in [2.45, 2.75) is 32.7 Å². The van der Waals surface area contributed by atoms with Crippen LogP contribution in [-0.2, 0) is 9.59 Å². The van der Waals surface area contributed by atoms with Gasteiger partial charge in [-0.2, -0.15) is 0 Å². The average molecular weight is 408 g/mol. The Balaban J connectivity index is 1.50. The van der Waals surface area contributed by atoms with Gasteiger partial charge in [0.05, 0.1) is 25.7 Å². The van der Waals surface area contributed by atoms with Gasteiger partial charge in [-0.3, -0.25) is 24.4 Å². The summed E-state index contributed by atoms with van der Waals surface area (Å²) in [6.07, 6.45) is 2.22. The molecule has 3 rings (SSSR count). The number of carbonyl (C=O) groups excluding carboxylic acids is 3. The van der Waals surface area contributed by atoms with E-state index in [0.717, 1.165) is 64.6 Å². The molecule has 3 fully saturated rings. The maximum absolute atomic E-state index is 12.7. The van der Waals surface area contributed by atoms with Crippen molar-refractivity contribution in [2.24, 2.45) is 4.99 Å². The first-order valence-electron chi connectivity index (χ1n) is 10.7. The summed E-state index contributed by atoms with van der Waals surface area (Å²) in [6.45, 7) is 10.4. The molecule has 3 heterocycles. The number of carbonyl (C=O) groups is 3. The fraction of sp³-hybridized carbons (Fsp3) is 0.789. The maximum atomic E-state index is 12.7. The van der Waals surface area contributed by atoms with Gasteiger partial charge in [0.1, 0.15) is 0 Å². The van der Waals surface area contributed by atoms with Crippen LogP contribution in [-0.4, -0.2) is 115 Å². The molecule has 0 saturated carbocycles. The fourth-order valence-corrected chi connectivity index (χ4v) is 4.04. The Bertz CT molecular complexity index is 624. The molecule has 10 nitrogen and oxygen atoms in total. The number of imide groups is 1. The zero-order chi connectivity index (χ0) is 20.8. The molecule has 0 bridgehead atoms. The molecular formula is C19H33N7O3. The SMILES string of the molecule is CCNC(=NCCN1C(=O)CNC1=O)N1CCN(C(C)C(=O)N2CCCC2)CC1. The van der Waals surface area contributed by atoms with Gasteiger partial charge >= 0.3 is 6.03 Å². The van der Waals surface area contributed by atoms with Gasteiger partial charge < -0.3 is 20.4 Å². The van der Waals surface area contributed by atoms with Crippen LogP contribution in [0, 0.1) is 0 Å². The van der Waals surface area contributed by atoms with Crippen molar-refractivity contribution in [3.8, 4) is 0 Å². The van der Waals surface area contributed by atoms with Gasteiger partial charge in [0.25, 0.3) is 0 Å². The number of nitrogens with one attached hydrogen (secondary N) is 2. The molecule has 0 aromatic heterocycles. The number of likely N-dealkylation sites (tertiary alicyclic amines) is 1. The maximum Gasteiger partial charge on any atom is 0.324 e. The third-order valence-electron chi connectivity index (χ3n) is 5.79.